The molecule has 2 aromatic heterocycles. The first-order valence-electron chi connectivity index (χ1n) is 7.82. The number of guanidine groups is 1. The number of aliphatic imine (C=N–C) groups is 1. The zero-order valence-electron chi connectivity index (χ0n) is 14.3. The Morgan fingerprint density at radius 3 is 2.64 bits per heavy atom. The Balaban J connectivity index is 0.00000225. The van der Waals surface area contributed by atoms with Crippen molar-refractivity contribution in [3.63, 3.8) is 0 Å². The molecule has 7 heteroatoms. The number of hydrogen-bond acceptors (Lipinski definition) is 3. The lowest BCUT2D eigenvalue weighted by atomic mass is 10.1. The SMILES string of the molecule is CN=C(NCc1ccc(C)s1)NCc1ccccc1-n1ccnc1.I. The van der Waals surface area contributed by atoms with Crippen molar-refractivity contribution in [1.82, 2.24) is 20.2 Å². The number of benzene rings is 1. The number of aryl methyl sites for hydroxylation is 1. The van der Waals surface area contributed by atoms with E-state index in [1.165, 1.54) is 15.3 Å². The Bertz CT molecular complexity index is 811. The second-order valence-electron chi connectivity index (χ2n) is 5.39. The molecule has 1 aromatic carbocycles. The van der Waals surface area contributed by atoms with Crippen LogP contribution in [0.25, 0.3) is 5.69 Å². The summed E-state index contributed by atoms with van der Waals surface area (Å²) < 4.78 is 2.02. The maximum absolute atomic E-state index is 4.30. The summed E-state index contributed by atoms with van der Waals surface area (Å²) in [5, 5.41) is 6.73. The molecule has 0 bridgehead atoms. The van der Waals surface area contributed by atoms with E-state index in [4.69, 9.17) is 0 Å². The Morgan fingerprint density at radius 1 is 1.16 bits per heavy atom. The molecule has 5 nitrogen and oxygen atoms in total. The van der Waals surface area contributed by atoms with Crippen LogP contribution in [0.4, 0.5) is 0 Å². The summed E-state index contributed by atoms with van der Waals surface area (Å²) in [6, 6.07) is 12.6. The predicted molar refractivity (Wildman–Crippen MR) is 115 cm³/mol. The van der Waals surface area contributed by atoms with E-state index in [1.807, 2.05) is 29.2 Å². The number of thiophene rings is 1. The highest BCUT2D eigenvalue weighted by Crippen LogP contribution is 2.15. The van der Waals surface area contributed by atoms with Crippen LogP contribution in [-0.4, -0.2) is 22.6 Å². The van der Waals surface area contributed by atoms with Gasteiger partial charge < -0.3 is 15.2 Å². The zero-order valence-corrected chi connectivity index (χ0v) is 17.4. The van der Waals surface area contributed by atoms with Crippen LogP contribution in [0.3, 0.4) is 0 Å². The van der Waals surface area contributed by atoms with Crippen LogP contribution in [0.2, 0.25) is 0 Å². The molecule has 0 fully saturated rings. The van der Waals surface area contributed by atoms with Gasteiger partial charge in [-0.2, -0.15) is 0 Å². The van der Waals surface area contributed by atoms with E-state index in [9.17, 15) is 0 Å². The summed E-state index contributed by atoms with van der Waals surface area (Å²) in [6.07, 6.45) is 5.55. The monoisotopic (exact) mass is 467 g/mol. The van der Waals surface area contributed by atoms with Gasteiger partial charge in [-0.1, -0.05) is 18.2 Å². The van der Waals surface area contributed by atoms with Gasteiger partial charge in [-0.15, -0.1) is 35.3 Å². The average Bonchev–Trinajstić information content (AvgIpc) is 3.27. The molecule has 0 aliphatic carbocycles. The van der Waals surface area contributed by atoms with E-state index in [1.54, 1.807) is 24.6 Å². The number of imidazole rings is 1. The Kier molecular flexibility index (Phi) is 7.45. The quantitative estimate of drug-likeness (QED) is 0.342. The van der Waals surface area contributed by atoms with Crippen LogP contribution in [0.5, 0.6) is 0 Å². The fourth-order valence-electron chi connectivity index (χ4n) is 2.46. The second-order valence-corrected chi connectivity index (χ2v) is 6.76. The molecule has 3 aromatic rings. The lowest BCUT2D eigenvalue weighted by Gasteiger charge is -2.14. The van der Waals surface area contributed by atoms with Gasteiger partial charge in [0.05, 0.1) is 18.6 Å². The molecule has 0 saturated heterocycles. The minimum atomic E-state index is 0. The fourth-order valence-corrected chi connectivity index (χ4v) is 3.29. The molecular formula is C18H22IN5S. The van der Waals surface area contributed by atoms with Crippen LogP contribution in [0, 0.1) is 6.92 Å². The van der Waals surface area contributed by atoms with E-state index in [0.29, 0.717) is 6.54 Å². The number of rotatable bonds is 5. The molecule has 3 rings (SSSR count). The van der Waals surface area contributed by atoms with Gasteiger partial charge in [0.2, 0.25) is 0 Å². The molecule has 0 radical (unpaired) electrons. The third kappa shape index (κ3) is 5.30. The van der Waals surface area contributed by atoms with Gasteiger partial charge >= 0.3 is 0 Å². The molecule has 2 N–H and O–H groups in total. The molecule has 0 saturated carbocycles. The summed E-state index contributed by atoms with van der Waals surface area (Å²) in [5.41, 5.74) is 2.30. The highest BCUT2D eigenvalue weighted by Gasteiger charge is 2.05. The summed E-state index contributed by atoms with van der Waals surface area (Å²) >= 11 is 1.80. The number of nitrogens with zero attached hydrogens (tertiary/aromatic N) is 3. The molecule has 0 spiro atoms. The number of nitrogens with one attached hydrogen (secondary N) is 2. The van der Waals surface area contributed by atoms with Gasteiger partial charge in [0.25, 0.3) is 0 Å². The first-order chi connectivity index (χ1) is 11.8. The van der Waals surface area contributed by atoms with Gasteiger partial charge in [0, 0.05) is 35.7 Å². The summed E-state index contributed by atoms with van der Waals surface area (Å²) in [4.78, 5) is 11.0. The molecule has 2 heterocycles. The first kappa shape index (κ1) is 19.5. The van der Waals surface area contributed by atoms with Crippen LogP contribution < -0.4 is 10.6 Å². The normalized spacial score (nSPS) is 11.0. The van der Waals surface area contributed by atoms with Crippen LogP contribution in [-0.2, 0) is 13.1 Å². The molecule has 0 aliphatic rings. The van der Waals surface area contributed by atoms with Gasteiger partial charge in [-0.25, -0.2) is 4.98 Å². The Hall–Kier alpha value is -1.87. The van der Waals surface area contributed by atoms with Gasteiger partial charge in [-0.3, -0.25) is 4.99 Å². The van der Waals surface area contributed by atoms with Gasteiger partial charge in [0.15, 0.2) is 5.96 Å². The minimum absolute atomic E-state index is 0. The third-order valence-electron chi connectivity index (χ3n) is 3.67. The number of hydrogen-bond donors (Lipinski definition) is 2. The van der Waals surface area contributed by atoms with Crippen molar-refractivity contribution < 1.29 is 0 Å². The van der Waals surface area contributed by atoms with E-state index in [-0.39, 0.29) is 24.0 Å². The summed E-state index contributed by atoms with van der Waals surface area (Å²) in [5.74, 6) is 0.793. The molecule has 0 aliphatic heterocycles. The van der Waals surface area contributed by atoms with Crippen LogP contribution >= 0.6 is 35.3 Å². The molecule has 0 unspecified atom stereocenters. The number of halogens is 1. The minimum Gasteiger partial charge on any atom is -0.352 e. The number of para-hydroxylation sites is 1. The van der Waals surface area contributed by atoms with Crippen molar-refractivity contribution in [2.24, 2.45) is 4.99 Å². The second kappa shape index (κ2) is 9.57. The van der Waals surface area contributed by atoms with E-state index in [0.717, 1.165) is 18.2 Å². The summed E-state index contributed by atoms with van der Waals surface area (Å²) in [6.45, 7) is 3.59. The maximum Gasteiger partial charge on any atom is 0.191 e. The lowest BCUT2D eigenvalue weighted by molar-refractivity contribution is 0.809. The van der Waals surface area contributed by atoms with Gasteiger partial charge in [0.1, 0.15) is 0 Å². The first-order valence-corrected chi connectivity index (χ1v) is 8.64. The molecular weight excluding hydrogens is 445 g/mol. The van der Waals surface area contributed by atoms with Gasteiger partial charge in [-0.05, 0) is 30.7 Å². The largest absolute Gasteiger partial charge is 0.352 e. The standard InChI is InChI=1S/C18H21N5S.HI/c1-14-7-8-16(24-14)12-22-18(19-2)21-11-15-5-3-4-6-17(15)23-10-9-20-13-23;/h3-10,13H,11-12H2,1-2H3,(H2,19,21,22);1H. The molecule has 0 atom stereocenters. The van der Waals surface area contributed by atoms with E-state index < -0.39 is 0 Å². The highest BCUT2D eigenvalue weighted by atomic mass is 127. The van der Waals surface area contributed by atoms with Crippen LogP contribution in [0.15, 0.2) is 60.1 Å². The smallest absolute Gasteiger partial charge is 0.191 e. The van der Waals surface area contributed by atoms with Crippen molar-refractivity contribution in [3.05, 3.63) is 70.4 Å². The van der Waals surface area contributed by atoms with Crippen LogP contribution in [0.1, 0.15) is 15.3 Å². The van der Waals surface area contributed by atoms with E-state index >= 15 is 0 Å². The van der Waals surface area contributed by atoms with Crippen molar-refractivity contribution in [3.8, 4) is 5.69 Å². The number of aromatic nitrogens is 2. The summed E-state index contributed by atoms with van der Waals surface area (Å²) in [7, 11) is 1.79. The Morgan fingerprint density at radius 2 is 1.96 bits per heavy atom. The van der Waals surface area contributed by atoms with Crippen molar-refractivity contribution in [2.75, 3.05) is 7.05 Å². The van der Waals surface area contributed by atoms with E-state index in [2.05, 4.69) is 51.8 Å². The molecule has 0 amide bonds. The third-order valence-corrected chi connectivity index (χ3v) is 4.67. The highest BCUT2D eigenvalue weighted by molar-refractivity contribution is 14.0. The average molecular weight is 467 g/mol. The zero-order chi connectivity index (χ0) is 16.8. The van der Waals surface area contributed by atoms with Crippen molar-refractivity contribution >= 4 is 41.3 Å². The van der Waals surface area contributed by atoms with Crippen molar-refractivity contribution in [1.29, 1.82) is 0 Å². The molecule has 132 valence electrons. The predicted octanol–water partition coefficient (Wildman–Crippen LogP) is 3.73. The maximum atomic E-state index is 4.30. The topological polar surface area (TPSA) is 54.2 Å². The Labute approximate surface area is 169 Å². The fraction of sp³-hybridized carbons (Fsp3) is 0.222. The van der Waals surface area contributed by atoms with Crippen molar-refractivity contribution in [2.45, 2.75) is 20.0 Å². The molecule has 25 heavy (non-hydrogen) atoms. The lowest BCUT2D eigenvalue weighted by Crippen LogP contribution is -2.36.